The van der Waals surface area contributed by atoms with Crippen LogP contribution in [0.25, 0.3) is 0 Å². The number of hydrogen-bond donors (Lipinski definition) is 1. The number of hydrogen-bond acceptors (Lipinski definition) is 5. The summed E-state index contributed by atoms with van der Waals surface area (Å²) in [6, 6.07) is 0. The minimum atomic E-state index is 0.523. The van der Waals surface area contributed by atoms with E-state index >= 15 is 0 Å². The lowest BCUT2D eigenvalue weighted by Gasteiger charge is -2.22. The molecule has 29 heavy (non-hydrogen) atoms. The van der Waals surface area contributed by atoms with E-state index in [1.54, 1.807) is 0 Å². The summed E-state index contributed by atoms with van der Waals surface area (Å²) in [7, 11) is 3.95. The van der Waals surface area contributed by atoms with E-state index in [9.17, 15) is 0 Å². The lowest BCUT2D eigenvalue weighted by atomic mass is 10.0. The maximum Gasteiger partial charge on any atom is 0.194 e. The van der Waals surface area contributed by atoms with E-state index in [1.165, 1.54) is 5.56 Å². The molecule has 1 N–H and O–H groups in total. The number of aryl methyl sites for hydroxylation is 2. The van der Waals surface area contributed by atoms with Crippen molar-refractivity contribution in [2.24, 2.45) is 25.0 Å². The molecule has 0 amide bonds. The Balaban J connectivity index is 1.60. The first-order valence-corrected chi connectivity index (χ1v) is 10.5. The second kappa shape index (κ2) is 10.4. The van der Waals surface area contributed by atoms with Gasteiger partial charge in [0, 0.05) is 53.1 Å². The second-order valence-corrected chi connectivity index (χ2v) is 7.67. The molecule has 0 bridgehead atoms. The molecule has 1 aliphatic heterocycles. The van der Waals surface area contributed by atoms with Crippen molar-refractivity contribution in [2.45, 2.75) is 39.7 Å². The van der Waals surface area contributed by atoms with Crippen LogP contribution < -0.4 is 5.32 Å². The lowest BCUT2D eigenvalue weighted by molar-refractivity contribution is 0.145. The lowest BCUT2D eigenvalue weighted by Crippen LogP contribution is -2.41. The standard InChI is InChI=1S/C20H34N8O/c1-5-29-10-6-8-21-20(22-13-19-25-24-16(2)27(19)4)28-9-7-17(15-28)11-18-12-23-26(3)14-18/h12,14,17H,5-11,13,15H2,1-4H3,(H,21,22). The first-order chi connectivity index (χ1) is 14.1. The van der Waals surface area contributed by atoms with E-state index < -0.39 is 0 Å². The van der Waals surface area contributed by atoms with E-state index in [2.05, 4.69) is 31.7 Å². The van der Waals surface area contributed by atoms with E-state index in [0.717, 1.165) is 69.7 Å². The van der Waals surface area contributed by atoms with Gasteiger partial charge in [-0.15, -0.1) is 10.2 Å². The first-order valence-electron chi connectivity index (χ1n) is 10.5. The average Bonchev–Trinajstić information content (AvgIpc) is 3.41. The molecule has 1 aliphatic rings. The second-order valence-electron chi connectivity index (χ2n) is 7.67. The molecule has 2 aromatic rings. The van der Waals surface area contributed by atoms with Crippen molar-refractivity contribution in [3.8, 4) is 0 Å². The van der Waals surface area contributed by atoms with Gasteiger partial charge in [0.15, 0.2) is 11.8 Å². The molecule has 0 aromatic carbocycles. The van der Waals surface area contributed by atoms with Crippen molar-refractivity contribution in [3.63, 3.8) is 0 Å². The number of rotatable bonds is 9. The van der Waals surface area contributed by atoms with Crippen LogP contribution in [0.3, 0.4) is 0 Å². The third-order valence-corrected chi connectivity index (χ3v) is 5.37. The average molecular weight is 403 g/mol. The number of nitrogens with one attached hydrogen (secondary N) is 1. The molecule has 1 unspecified atom stereocenters. The molecule has 1 fully saturated rings. The van der Waals surface area contributed by atoms with Crippen LogP contribution in [-0.4, -0.2) is 68.3 Å². The van der Waals surface area contributed by atoms with Gasteiger partial charge in [0.2, 0.25) is 0 Å². The zero-order valence-electron chi connectivity index (χ0n) is 18.1. The summed E-state index contributed by atoms with van der Waals surface area (Å²) in [6.45, 7) is 8.89. The molecule has 0 spiro atoms. The summed E-state index contributed by atoms with van der Waals surface area (Å²) in [5, 5.41) is 16.2. The fourth-order valence-corrected chi connectivity index (χ4v) is 3.62. The Bertz CT molecular complexity index is 796. The zero-order valence-corrected chi connectivity index (χ0v) is 18.1. The summed E-state index contributed by atoms with van der Waals surface area (Å²) in [5.41, 5.74) is 1.30. The highest BCUT2D eigenvalue weighted by molar-refractivity contribution is 5.80. The Morgan fingerprint density at radius 1 is 1.34 bits per heavy atom. The molecular weight excluding hydrogens is 368 g/mol. The van der Waals surface area contributed by atoms with Crippen LogP contribution in [0.5, 0.6) is 0 Å². The molecule has 0 radical (unpaired) electrons. The Morgan fingerprint density at radius 3 is 2.90 bits per heavy atom. The molecular formula is C20H34N8O. The van der Waals surface area contributed by atoms with E-state index in [4.69, 9.17) is 9.73 Å². The highest BCUT2D eigenvalue weighted by Crippen LogP contribution is 2.21. The summed E-state index contributed by atoms with van der Waals surface area (Å²) in [5.74, 6) is 3.35. The Labute approximate surface area is 173 Å². The van der Waals surface area contributed by atoms with E-state index in [0.29, 0.717) is 12.5 Å². The van der Waals surface area contributed by atoms with Crippen molar-refractivity contribution in [1.82, 2.24) is 34.8 Å². The number of guanidine groups is 1. The third-order valence-electron chi connectivity index (χ3n) is 5.37. The van der Waals surface area contributed by atoms with Crippen LogP contribution in [0, 0.1) is 12.8 Å². The van der Waals surface area contributed by atoms with Crippen LogP contribution in [-0.2, 0) is 31.8 Å². The zero-order chi connectivity index (χ0) is 20.6. The SMILES string of the molecule is CCOCCCNC(=NCc1nnc(C)n1C)N1CCC(Cc2cnn(C)c2)C1. The Hall–Kier alpha value is -2.42. The predicted molar refractivity (Wildman–Crippen MR) is 113 cm³/mol. The van der Waals surface area contributed by atoms with E-state index in [-0.39, 0.29) is 0 Å². The van der Waals surface area contributed by atoms with Gasteiger partial charge in [-0.05, 0) is 44.6 Å². The van der Waals surface area contributed by atoms with Crippen LogP contribution in [0.1, 0.15) is 37.0 Å². The molecule has 1 atom stereocenters. The quantitative estimate of drug-likeness (QED) is 0.387. The molecule has 160 valence electrons. The maximum absolute atomic E-state index is 5.45. The number of nitrogens with zero attached hydrogens (tertiary/aromatic N) is 7. The molecule has 1 saturated heterocycles. The van der Waals surface area contributed by atoms with Gasteiger partial charge in [0.1, 0.15) is 12.4 Å². The van der Waals surface area contributed by atoms with Crippen molar-refractivity contribution in [2.75, 3.05) is 32.8 Å². The van der Waals surface area contributed by atoms with Crippen molar-refractivity contribution in [1.29, 1.82) is 0 Å². The topological polar surface area (TPSA) is 85.4 Å². The van der Waals surface area contributed by atoms with Gasteiger partial charge in [-0.3, -0.25) is 4.68 Å². The van der Waals surface area contributed by atoms with Gasteiger partial charge in [0.25, 0.3) is 0 Å². The largest absolute Gasteiger partial charge is 0.382 e. The van der Waals surface area contributed by atoms with Crippen LogP contribution in [0.15, 0.2) is 17.4 Å². The molecule has 0 aliphatic carbocycles. The number of aromatic nitrogens is 5. The third kappa shape index (κ3) is 6.03. The molecule has 3 rings (SSSR count). The minimum absolute atomic E-state index is 0.523. The fraction of sp³-hybridized carbons (Fsp3) is 0.700. The predicted octanol–water partition coefficient (Wildman–Crippen LogP) is 1.29. The maximum atomic E-state index is 5.45. The van der Waals surface area contributed by atoms with Crippen LogP contribution in [0.2, 0.25) is 0 Å². The number of aliphatic imine (C=N–C) groups is 1. The van der Waals surface area contributed by atoms with Crippen molar-refractivity contribution >= 4 is 5.96 Å². The monoisotopic (exact) mass is 402 g/mol. The van der Waals surface area contributed by atoms with Gasteiger partial charge in [-0.2, -0.15) is 5.10 Å². The highest BCUT2D eigenvalue weighted by atomic mass is 16.5. The summed E-state index contributed by atoms with van der Waals surface area (Å²) in [4.78, 5) is 7.23. The number of likely N-dealkylation sites (tertiary alicyclic amines) is 1. The van der Waals surface area contributed by atoms with Crippen LogP contribution in [0.4, 0.5) is 0 Å². The fourth-order valence-electron chi connectivity index (χ4n) is 3.62. The summed E-state index contributed by atoms with van der Waals surface area (Å²) in [6.07, 6.45) is 7.27. The molecule has 0 saturated carbocycles. The van der Waals surface area contributed by atoms with Gasteiger partial charge in [-0.25, -0.2) is 4.99 Å². The molecule has 3 heterocycles. The van der Waals surface area contributed by atoms with Gasteiger partial charge in [-0.1, -0.05) is 0 Å². The highest BCUT2D eigenvalue weighted by Gasteiger charge is 2.25. The van der Waals surface area contributed by atoms with Crippen LogP contribution >= 0.6 is 0 Å². The first kappa shape index (κ1) is 21.3. The summed E-state index contributed by atoms with van der Waals surface area (Å²) >= 11 is 0. The minimum Gasteiger partial charge on any atom is -0.382 e. The van der Waals surface area contributed by atoms with Crippen molar-refractivity contribution < 1.29 is 4.74 Å². The van der Waals surface area contributed by atoms with Gasteiger partial charge >= 0.3 is 0 Å². The number of ether oxygens (including phenoxy) is 1. The van der Waals surface area contributed by atoms with Gasteiger partial charge in [0.05, 0.1) is 6.20 Å². The molecule has 2 aromatic heterocycles. The van der Waals surface area contributed by atoms with Gasteiger partial charge < -0.3 is 19.5 Å². The van der Waals surface area contributed by atoms with Crippen molar-refractivity contribution in [3.05, 3.63) is 29.6 Å². The Kier molecular flexibility index (Phi) is 7.62. The molecule has 9 heteroatoms. The smallest absolute Gasteiger partial charge is 0.194 e. The Morgan fingerprint density at radius 2 is 2.21 bits per heavy atom. The van der Waals surface area contributed by atoms with E-state index in [1.807, 2.05) is 43.4 Å². The normalized spacial score (nSPS) is 17.3. The summed E-state index contributed by atoms with van der Waals surface area (Å²) < 4.78 is 9.32. The molecule has 9 nitrogen and oxygen atoms in total.